The number of nitrogens with zero attached hydrogens (tertiary/aromatic N) is 2. The predicted molar refractivity (Wildman–Crippen MR) is 210 cm³/mol. The fourth-order valence-corrected chi connectivity index (χ4v) is 7.98. The summed E-state index contributed by atoms with van der Waals surface area (Å²) in [5.74, 6) is -4.20. The molecule has 3 heterocycles. The molecule has 1 aromatic carbocycles. The first-order chi connectivity index (χ1) is 25.9. The van der Waals surface area contributed by atoms with E-state index in [4.69, 9.17) is 23.7 Å². The molecule has 12 heteroatoms. The molecular formula is C43H64N2O10. The molecule has 12 atom stereocenters. The van der Waals surface area contributed by atoms with Gasteiger partial charge in [0.15, 0.2) is 12.1 Å². The predicted octanol–water partition coefficient (Wildman–Crippen LogP) is 5.33. The Labute approximate surface area is 327 Å². The Bertz CT molecular complexity index is 1560. The number of esters is 1. The van der Waals surface area contributed by atoms with Crippen molar-refractivity contribution >= 4 is 29.4 Å². The third-order valence-corrected chi connectivity index (χ3v) is 11.5. The first kappa shape index (κ1) is 44.6. The van der Waals surface area contributed by atoms with Gasteiger partial charge in [0.2, 0.25) is 5.91 Å². The Morgan fingerprint density at radius 3 is 2.40 bits per heavy atom. The number of allylic oxidation sites excluding steroid dienone is 2. The number of aliphatic imine (C=N–C) groups is 1. The lowest BCUT2D eigenvalue weighted by Crippen LogP contribution is -2.59. The van der Waals surface area contributed by atoms with E-state index in [1.165, 1.54) is 6.92 Å². The summed E-state index contributed by atoms with van der Waals surface area (Å²) in [6, 6.07) is 9.54. The number of ether oxygens (including phenoxy) is 5. The third kappa shape index (κ3) is 11.1. The minimum absolute atomic E-state index is 0.0205. The Hall–Kier alpha value is -3.10. The fraction of sp³-hybridized carbons (Fsp3) is 0.674. The third-order valence-electron chi connectivity index (χ3n) is 11.5. The highest BCUT2D eigenvalue weighted by Gasteiger charge is 2.51. The summed E-state index contributed by atoms with van der Waals surface area (Å²) < 4.78 is 32.5. The van der Waals surface area contributed by atoms with Crippen LogP contribution >= 0.6 is 0 Å². The van der Waals surface area contributed by atoms with Gasteiger partial charge in [-0.1, -0.05) is 76.3 Å². The number of ketones is 1. The number of carbonyl (C=O) groups is 3. The van der Waals surface area contributed by atoms with E-state index in [0.29, 0.717) is 12.1 Å². The molecule has 0 unspecified atom stereocenters. The van der Waals surface area contributed by atoms with Crippen molar-refractivity contribution in [2.24, 2.45) is 22.7 Å². The van der Waals surface area contributed by atoms with Crippen LogP contribution in [0.1, 0.15) is 93.1 Å². The van der Waals surface area contributed by atoms with Crippen LogP contribution in [0.15, 0.2) is 53.0 Å². The van der Waals surface area contributed by atoms with Gasteiger partial charge in [-0.05, 0) is 78.1 Å². The molecular weight excluding hydrogens is 704 g/mol. The summed E-state index contributed by atoms with van der Waals surface area (Å²) in [6.45, 7) is 14.0. The number of cyclic esters (lactones) is 1. The van der Waals surface area contributed by atoms with E-state index in [9.17, 15) is 24.6 Å². The number of fused-ring (bicyclic) bond motifs is 5. The van der Waals surface area contributed by atoms with Gasteiger partial charge < -0.3 is 38.8 Å². The Morgan fingerprint density at radius 1 is 1.07 bits per heavy atom. The lowest BCUT2D eigenvalue weighted by Gasteiger charge is -2.47. The van der Waals surface area contributed by atoms with Crippen LogP contribution < -0.4 is 0 Å². The molecule has 2 N–H and O–H groups in total. The number of hydrogen-bond donors (Lipinski definition) is 2. The molecule has 1 aromatic rings. The average Bonchev–Trinajstić information content (AvgIpc) is 3.17. The molecule has 0 radical (unpaired) electrons. The minimum atomic E-state index is -1.75. The van der Waals surface area contributed by atoms with Crippen molar-refractivity contribution in [2.45, 2.75) is 142 Å². The van der Waals surface area contributed by atoms with Crippen molar-refractivity contribution < 1.29 is 48.3 Å². The van der Waals surface area contributed by atoms with Gasteiger partial charge in [0, 0.05) is 30.5 Å². The van der Waals surface area contributed by atoms with E-state index in [1.807, 2.05) is 88.3 Å². The molecule has 0 spiro atoms. The summed E-state index contributed by atoms with van der Waals surface area (Å²) in [5.41, 5.74) is -0.842. The Morgan fingerprint density at radius 2 is 1.76 bits per heavy atom. The van der Waals surface area contributed by atoms with E-state index in [2.05, 4.69) is 4.99 Å². The standard InChI is InChI=1S/C43H64N2O10/c1-11-34-43(8,50)35-22-32(44-36(46)12-2)26(3)23-42(7,52-25-31(24-51-35)20-16-19-30-17-14-13-15-18-30)39(28(5)37(47)29(6)40(49)54-34)55-41-38(48)33(45(9)10)21-27(4)53-41/h13-20,26-29,33-35,38-39,41,48,50H,11-12,21-25H2,1-10H3/b19-16+,31-20-,44-32?/t26-,27-,28+,29-,33+,34-,35-,38-,39-,41+,42-,43-/m1/s1. The second-order valence-electron chi connectivity index (χ2n) is 16.3. The molecule has 0 saturated carbocycles. The zero-order valence-electron chi connectivity index (χ0n) is 34.4. The maximum Gasteiger partial charge on any atom is 0.316 e. The number of amides is 1. The molecule has 0 aromatic heterocycles. The van der Waals surface area contributed by atoms with Crippen LogP contribution in [-0.2, 0) is 38.1 Å². The number of aliphatic hydroxyl groups is 2. The van der Waals surface area contributed by atoms with Gasteiger partial charge in [-0.3, -0.25) is 14.4 Å². The van der Waals surface area contributed by atoms with Crippen LogP contribution in [0.5, 0.6) is 0 Å². The molecule has 3 saturated heterocycles. The van der Waals surface area contributed by atoms with Crippen molar-refractivity contribution in [1.29, 1.82) is 0 Å². The number of Topliss-reactive ketones (excluding diaryl/α,β-unsaturated/α-hetero) is 1. The van der Waals surface area contributed by atoms with Crippen LogP contribution in [0.25, 0.3) is 6.08 Å². The molecule has 55 heavy (non-hydrogen) atoms. The average molecular weight is 769 g/mol. The van der Waals surface area contributed by atoms with Crippen molar-refractivity contribution in [3.05, 3.63) is 53.6 Å². The SMILES string of the molecule is CCC(=O)N=C1C[C@H]2OC/C(=C/C=C/c3ccccc3)CO[C@](C)(C[C@H]1C)[C@H](O[C@@H]1O[C@H](C)C[C@H](N(C)C)[C@H]1O)[C@@H](C)C(=O)[C@@H](C)C(=O)O[C@H](CC)[C@@]2(C)O. The number of benzene rings is 1. The van der Waals surface area contributed by atoms with E-state index < -0.39 is 71.4 Å². The topological polar surface area (TPSA) is 153 Å². The number of aliphatic hydroxyl groups excluding tert-OH is 1. The fourth-order valence-electron chi connectivity index (χ4n) is 7.98. The summed E-state index contributed by atoms with van der Waals surface area (Å²) >= 11 is 0. The van der Waals surface area contributed by atoms with Crippen molar-refractivity contribution in [3.8, 4) is 0 Å². The second kappa shape index (κ2) is 19.4. The smallest absolute Gasteiger partial charge is 0.316 e. The first-order valence-electron chi connectivity index (χ1n) is 19.8. The van der Waals surface area contributed by atoms with Gasteiger partial charge in [0.25, 0.3) is 0 Å². The second-order valence-corrected chi connectivity index (χ2v) is 16.3. The molecule has 12 nitrogen and oxygen atoms in total. The summed E-state index contributed by atoms with van der Waals surface area (Å²) in [7, 11) is 3.77. The van der Waals surface area contributed by atoms with Crippen LogP contribution in [0.4, 0.5) is 0 Å². The van der Waals surface area contributed by atoms with Gasteiger partial charge in [-0.25, -0.2) is 4.99 Å². The largest absolute Gasteiger partial charge is 0.459 e. The van der Waals surface area contributed by atoms with Gasteiger partial charge in [0.05, 0.1) is 37.1 Å². The zero-order valence-corrected chi connectivity index (χ0v) is 34.4. The van der Waals surface area contributed by atoms with E-state index in [0.717, 1.165) is 11.1 Å². The number of likely N-dealkylation sites (N-methyl/N-ethyl adjacent to an activating group) is 1. The van der Waals surface area contributed by atoms with E-state index in [1.54, 1.807) is 27.7 Å². The van der Waals surface area contributed by atoms with Crippen LogP contribution in [-0.4, -0.2) is 120 Å². The highest BCUT2D eigenvalue weighted by atomic mass is 16.7. The number of carbonyl (C=O) groups excluding carboxylic acids is 3. The van der Waals surface area contributed by atoms with Gasteiger partial charge >= 0.3 is 5.97 Å². The Balaban J connectivity index is 1.95. The van der Waals surface area contributed by atoms with Crippen molar-refractivity contribution in [2.75, 3.05) is 27.3 Å². The zero-order chi connectivity index (χ0) is 40.7. The van der Waals surface area contributed by atoms with Crippen molar-refractivity contribution in [3.63, 3.8) is 0 Å². The molecule has 4 rings (SSSR count). The summed E-state index contributed by atoms with van der Waals surface area (Å²) in [6.07, 6.45) is 1.45. The van der Waals surface area contributed by atoms with Crippen LogP contribution in [0.2, 0.25) is 0 Å². The van der Waals surface area contributed by atoms with Gasteiger partial charge in [-0.2, -0.15) is 0 Å². The van der Waals surface area contributed by atoms with E-state index >= 15 is 0 Å². The summed E-state index contributed by atoms with van der Waals surface area (Å²) in [4.78, 5) is 47.7. The first-order valence-corrected chi connectivity index (χ1v) is 19.8. The van der Waals surface area contributed by atoms with E-state index in [-0.39, 0.29) is 57.0 Å². The summed E-state index contributed by atoms with van der Waals surface area (Å²) in [5, 5.41) is 23.9. The van der Waals surface area contributed by atoms with Gasteiger partial charge in [-0.15, -0.1) is 0 Å². The molecule has 306 valence electrons. The Kier molecular flexibility index (Phi) is 15.7. The maximum atomic E-state index is 14.4. The molecule has 2 bridgehead atoms. The van der Waals surface area contributed by atoms with Crippen LogP contribution in [0.3, 0.4) is 0 Å². The number of hydrogen-bond acceptors (Lipinski definition) is 11. The highest BCUT2D eigenvalue weighted by Crippen LogP contribution is 2.39. The lowest BCUT2D eigenvalue weighted by molar-refractivity contribution is -0.296. The monoisotopic (exact) mass is 768 g/mol. The minimum Gasteiger partial charge on any atom is -0.459 e. The molecule has 1 amide bonds. The normalized spacial score (nSPS) is 38.8. The lowest BCUT2D eigenvalue weighted by atomic mass is 9.76. The molecule has 3 aliphatic heterocycles. The molecule has 3 aliphatic rings. The quantitative estimate of drug-likeness (QED) is 0.273. The molecule has 3 fully saturated rings. The van der Waals surface area contributed by atoms with Gasteiger partial charge in [0.1, 0.15) is 23.7 Å². The highest BCUT2D eigenvalue weighted by molar-refractivity contribution is 6.00. The number of rotatable bonds is 7. The maximum absolute atomic E-state index is 14.4. The van der Waals surface area contributed by atoms with Crippen LogP contribution in [0, 0.1) is 17.8 Å². The van der Waals surface area contributed by atoms with Crippen molar-refractivity contribution in [1.82, 2.24) is 4.90 Å². The molecule has 0 aliphatic carbocycles.